The Kier molecular flexibility index (Phi) is 21.5. The van der Waals surface area contributed by atoms with Gasteiger partial charge in [-0.2, -0.15) is 0 Å². The van der Waals surface area contributed by atoms with E-state index in [1.165, 1.54) is 99.6 Å². The molecule has 1 aromatic heterocycles. The van der Waals surface area contributed by atoms with Crippen molar-refractivity contribution in [2.75, 3.05) is 30.9 Å². The summed E-state index contributed by atoms with van der Waals surface area (Å²) in [6.45, 7) is 4.08. The maximum Gasteiger partial charge on any atom is 0.278 e. The van der Waals surface area contributed by atoms with Crippen LogP contribution in [0.2, 0.25) is 0 Å². The number of carbonyl (C=O) groups excluding carboxylic acids is 2. The second kappa shape index (κ2) is 28.6. The van der Waals surface area contributed by atoms with Crippen LogP contribution in [0.15, 0.2) is 141 Å². The molecule has 0 radical (unpaired) electrons. The zero-order valence-corrected chi connectivity index (χ0v) is 43.4. The highest BCUT2D eigenvalue weighted by Gasteiger charge is 2.26. The Morgan fingerprint density at radius 2 is 1.36 bits per heavy atom. The molecule has 14 nitrogen and oxygen atoms in total. The van der Waals surface area contributed by atoms with Gasteiger partial charge in [0.15, 0.2) is 17.9 Å². The summed E-state index contributed by atoms with van der Waals surface area (Å²) in [4.78, 5) is 58.3. The molecule has 0 atom stereocenters. The molecule has 0 saturated heterocycles. The number of amides is 2. The van der Waals surface area contributed by atoms with Gasteiger partial charge in [-0.15, -0.1) is 0 Å². The average Bonchev–Trinajstić information content (AvgIpc) is 3.39. The summed E-state index contributed by atoms with van der Waals surface area (Å²) in [5.74, 6) is -0.936. The van der Waals surface area contributed by atoms with Gasteiger partial charge in [0.05, 0.1) is 39.5 Å². The van der Waals surface area contributed by atoms with Crippen molar-refractivity contribution in [3.8, 4) is 11.5 Å². The number of aliphatic imine (C=N–C) groups is 2. The molecule has 0 fully saturated rings. The number of unbranched alkanes of at least 4 members (excludes halogenated alkanes) is 13. The lowest BCUT2D eigenvalue weighted by Crippen LogP contribution is -2.32. The van der Waals surface area contributed by atoms with E-state index in [1.54, 1.807) is 61.5 Å². The van der Waals surface area contributed by atoms with Gasteiger partial charge in [0.2, 0.25) is 5.91 Å². The molecule has 2 N–H and O–H groups in total. The first-order chi connectivity index (χ1) is 35.5. The van der Waals surface area contributed by atoms with E-state index in [0.717, 1.165) is 36.9 Å². The highest BCUT2D eigenvalue weighted by molar-refractivity contribution is 7.90. The summed E-state index contributed by atoms with van der Waals surface area (Å²) in [7, 11) is -0.614. The van der Waals surface area contributed by atoms with Crippen molar-refractivity contribution in [2.24, 2.45) is 9.98 Å². The normalized spacial score (nSPS) is 11.9. The first kappa shape index (κ1) is 54.9. The van der Waals surface area contributed by atoms with Crippen LogP contribution in [0, 0.1) is 0 Å². The summed E-state index contributed by atoms with van der Waals surface area (Å²) >= 11 is 0. The summed E-state index contributed by atoms with van der Waals surface area (Å²) in [5.41, 5.74) is 1.60. The number of hydrogen-bond donors (Lipinski definition) is 2. The molecule has 0 spiro atoms. The lowest BCUT2D eigenvalue weighted by atomic mass is 10.0. The van der Waals surface area contributed by atoms with Crippen molar-refractivity contribution < 1.29 is 27.5 Å². The van der Waals surface area contributed by atoms with E-state index in [9.17, 15) is 18.0 Å². The van der Waals surface area contributed by atoms with Crippen LogP contribution in [0.1, 0.15) is 122 Å². The van der Waals surface area contributed by atoms with Gasteiger partial charge in [-0.3, -0.25) is 19.0 Å². The number of nitrogens with zero attached hydrogens (tertiary/aromatic N) is 5. The van der Waals surface area contributed by atoms with E-state index < -0.39 is 27.4 Å². The standard InChI is InChI=1S/C58H69N7O7S/c1-5-7-8-9-10-11-12-13-14-15-16-17-18-27-40-71-53-37-35-47(73(69,70)63-54(66)6-2)42-52(53)62-57(67)55(60-50-36-34-45(64(3)4)41-51(50)59-43-72-46-30-23-20-24-31-46)56-61-49-33-26-25-32-48(49)58(68)65(56)39-38-44-28-21-19-22-29-44/h19-26,28-39,41-43H,5-18,27,40H2,1-4H3,(H,62,67)(H,63,66). The minimum absolute atomic E-state index is 0.0122. The van der Waals surface area contributed by atoms with Gasteiger partial charge in [0.1, 0.15) is 11.5 Å². The fraction of sp³-hybridized carbons (Fsp3) is 0.345. The Morgan fingerprint density at radius 3 is 2.01 bits per heavy atom. The van der Waals surface area contributed by atoms with E-state index in [-0.39, 0.29) is 40.0 Å². The Bertz CT molecular complexity index is 3010. The molecule has 6 aromatic rings. The van der Waals surface area contributed by atoms with Crippen molar-refractivity contribution in [2.45, 2.75) is 115 Å². The third-order valence-corrected chi connectivity index (χ3v) is 13.5. The molecule has 384 valence electrons. The van der Waals surface area contributed by atoms with Crippen molar-refractivity contribution >= 4 is 79.9 Å². The fourth-order valence-corrected chi connectivity index (χ4v) is 9.05. The molecule has 0 saturated carbocycles. The van der Waals surface area contributed by atoms with E-state index in [1.807, 2.05) is 73.6 Å². The Hall–Kier alpha value is -7.39. The predicted octanol–water partition coefficient (Wildman–Crippen LogP) is 12.7. The fourth-order valence-electron chi connectivity index (χ4n) is 7.97. The molecule has 1 heterocycles. The van der Waals surface area contributed by atoms with Gasteiger partial charge in [-0.1, -0.05) is 158 Å². The smallest absolute Gasteiger partial charge is 0.278 e. The molecule has 15 heteroatoms. The molecular weight excluding hydrogens is 939 g/mol. The van der Waals surface area contributed by atoms with Crippen molar-refractivity contribution in [3.63, 3.8) is 0 Å². The average molecular weight is 1010 g/mol. The third-order valence-electron chi connectivity index (χ3n) is 12.1. The van der Waals surface area contributed by atoms with Crippen molar-refractivity contribution in [3.05, 3.63) is 143 Å². The van der Waals surface area contributed by atoms with Gasteiger partial charge in [0, 0.05) is 32.4 Å². The lowest BCUT2D eigenvalue weighted by molar-refractivity contribution is -0.119. The van der Waals surface area contributed by atoms with Crippen LogP contribution in [-0.4, -0.2) is 62.6 Å². The number of fused-ring (bicyclic) bond motifs is 1. The van der Waals surface area contributed by atoms with Crippen LogP contribution in [-0.2, 0) is 19.6 Å². The van der Waals surface area contributed by atoms with Gasteiger partial charge in [0.25, 0.3) is 21.5 Å². The van der Waals surface area contributed by atoms with Crippen molar-refractivity contribution in [1.29, 1.82) is 0 Å². The largest absolute Gasteiger partial charge is 0.491 e. The van der Waals surface area contributed by atoms with E-state index in [2.05, 4.69) is 22.0 Å². The number of sulfonamides is 1. The highest BCUT2D eigenvalue weighted by atomic mass is 32.2. The molecular formula is C58H69N7O7S. The second-order valence-electron chi connectivity index (χ2n) is 18.0. The number of rotatable bonds is 29. The Balaban J connectivity index is 1.36. The van der Waals surface area contributed by atoms with Crippen LogP contribution in [0.25, 0.3) is 23.2 Å². The molecule has 0 aliphatic heterocycles. The molecule has 0 bridgehead atoms. The molecule has 2 amide bonds. The molecule has 5 aromatic carbocycles. The van der Waals surface area contributed by atoms with Crippen LogP contribution in [0.4, 0.5) is 22.7 Å². The summed E-state index contributed by atoms with van der Waals surface area (Å²) in [6, 6.07) is 34.5. The third kappa shape index (κ3) is 16.8. The van der Waals surface area contributed by atoms with Gasteiger partial charge in [-0.25, -0.2) is 28.1 Å². The number of ether oxygens (including phenoxy) is 2. The number of carbonyl (C=O) groups is 2. The monoisotopic (exact) mass is 1010 g/mol. The number of benzene rings is 5. The van der Waals surface area contributed by atoms with Gasteiger partial charge < -0.3 is 19.7 Å². The molecule has 6 rings (SSSR count). The summed E-state index contributed by atoms with van der Waals surface area (Å²) < 4.78 is 42.5. The first-order valence-electron chi connectivity index (χ1n) is 25.5. The maximum absolute atomic E-state index is 15.3. The van der Waals surface area contributed by atoms with Crippen molar-refractivity contribution in [1.82, 2.24) is 14.3 Å². The summed E-state index contributed by atoms with van der Waals surface area (Å²) in [5, 5.41) is 3.17. The first-order valence-corrected chi connectivity index (χ1v) is 27.0. The number of para-hydroxylation sites is 2. The minimum Gasteiger partial charge on any atom is -0.491 e. The van der Waals surface area contributed by atoms with Gasteiger partial charge in [-0.05, 0) is 78.7 Å². The Morgan fingerprint density at radius 1 is 0.726 bits per heavy atom. The second-order valence-corrected chi connectivity index (χ2v) is 19.7. The Labute approximate surface area is 430 Å². The van der Waals surface area contributed by atoms with E-state index >= 15 is 4.79 Å². The topological polar surface area (TPSA) is 174 Å². The molecule has 0 unspecified atom stereocenters. The summed E-state index contributed by atoms with van der Waals surface area (Å²) in [6.07, 6.45) is 21.3. The molecule has 0 aliphatic rings. The van der Waals surface area contributed by atoms with E-state index in [0.29, 0.717) is 28.9 Å². The molecule has 73 heavy (non-hydrogen) atoms. The number of hydrogen-bond acceptors (Lipinski definition) is 11. The highest BCUT2D eigenvalue weighted by Crippen LogP contribution is 2.34. The zero-order valence-electron chi connectivity index (χ0n) is 42.6. The maximum atomic E-state index is 15.3. The van der Waals surface area contributed by atoms with Crippen LogP contribution >= 0.6 is 0 Å². The molecule has 0 aliphatic carbocycles. The quantitative estimate of drug-likeness (QED) is 0.0263. The van der Waals surface area contributed by atoms with E-state index in [4.69, 9.17) is 19.5 Å². The predicted molar refractivity (Wildman–Crippen MR) is 296 cm³/mol. The van der Waals surface area contributed by atoms with Crippen LogP contribution in [0.3, 0.4) is 0 Å². The zero-order chi connectivity index (χ0) is 51.8. The SMILES string of the molecule is CCCCCCCCCCCCCCCCOc1ccc(S(=O)(=O)NC(=O)CC)cc1NC(=O)C(=Nc1ccc(N(C)C)cc1N=COc1ccccc1)c1nc2ccccc2c(=O)n1C=Cc1ccccc1. The van der Waals surface area contributed by atoms with Crippen LogP contribution in [0.5, 0.6) is 11.5 Å². The number of nitrogens with one attached hydrogen (secondary N) is 2. The lowest BCUT2D eigenvalue weighted by Gasteiger charge is -2.17. The number of anilines is 2. The van der Waals surface area contributed by atoms with Gasteiger partial charge >= 0.3 is 0 Å². The minimum atomic E-state index is -4.37. The van der Waals surface area contributed by atoms with Crippen LogP contribution < -0.4 is 30.0 Å². The number of aromatic nitrogens is 2.